The Morgan fingerprint density at radius 2 is 1.69 bits per heavy atom. The van der Waals surface area contributed by atoms with Gasteiger partial charge in [-0.05, 0) is 185 Å². The van der Waals surface area contributed by atoms with E-state index in [9.17, 15) is 35.4 Å². The number of aldehydes is 1. The number of aryl methyl sites for hydroxylation is 1. The smallest absolute Gasteiger partial charge is 0.331 e. The van der Waals surface area contributed by atoms with Crippen LogP contribution in [0.5, 0.6) is 0 Å². The first kappa shape index (κ1) is 49.9. The van der Waals surface area contributed by atoms with Gasteiger partial charge in [-0.2, -0.15) is 0 Å². The van der Waals surface area contributed by atoms with Gasteiger partial charge in [-0.15, -0.1) is 0 Å². The van der Waals surface area contributed by atoms with Gasteiger partial charge in [0.1, 0.15) is 18.0 Å². The number of nitrogens with one attached hydrogen (secondary N) is 1. The zero-order valence-corrected chi connectivity index (χ0v) is 43.6. The topological polar surface area (TPSA) is 177 Å². The summed E-state index contributed by atoms with van der Waals surface area (Å²) < 4.78 is 6.39. The van der Waals surface area contributed by atoms with Gasteiger partial charge in [-0.3, -0.25) is 0 Å². The number of hydrogen-bond acceptors (Lipinski definition) is 10. The molecule has 2 aromatic rings. The third kappa shape index (κ3) is 6.56. The fraction of sp³-hybridized carbons (Fsp3) is 0.688. The predicted molar refractivity (Wildman–Crippen MR) is 279 cm³/mol. The Kier molecular flexibility index (Phi) is 12.1. The second-order valence-electron chi connectivity index (χ2n) is 26.6. The monoisotopic (exact) mass is 1010 g/mol. The molecule has 0 radical (unpaired) electrons. The molecule has 4 bridgehead atoms. The lowest BCUT2D eigenvalue weighted by Gasteiger charge is -2.74. The van der Waals surface area contributed by atoms with Crippen LogP contribution in [0.2, 0.25) is 0 Å². The SMILES string of the molecule is CN[C@H]1Cc2c(cccc2CO)C#CCC[C@]23CC[C@H]4[C@@](O)(C[C@H]5C[C@H]6[C@H](C=CC[C@H]6C6CCCC6)C[C@@H]6[C@@H](O)[C@@]7(CC[C@H](CCc8ccccc8)C7)C[C@@]4(C=O)[C@]56O)[C@@]2(O)C[C@@H]2C[C@@H]1[C@H]1OC(=O)C=C1[C@@]23CO. The van der Waals surface area contributed by atoms with Gasteiger partial charge in [-0.25, -0.2) is 4.79 Å². The molecule has 10 heteroatoms. The highest BCUT2D eigenvalue weighted by Gasteiger charge is 2.87. The van der Waals surface area contributed by atoms with Crippen LogP contribution in [0.15, 0.2) is 72.3 Å². The summed E-state index contributed by atoms with van der Waals surface area (Å²) in [4.78, 5) is 29.2. The molecule has 0 amide bonds. The number of aliphatic hydroxyl groups is 6. The second kappa shape index (κ2) is 17.9. The van der Waals surface area contributed by atoms with Crippen LogP contribution in [0.4, 0.5) is 0 Å². The summed E-state index contributed by atoms with van der Waals surface area (Å²) in [6.07, 6.45) is 20.0. The van der Waals surface area contributed by atoms with Gasteiger partial charge in [0.2, 0.25) is 0 Å². The minimum atomic E-state index is -1.89. The molecule has 0 unspecified atom stereocenters. The molecule has 11 aliphatic carbocycles. The molecule has 74 heavy (non-hydrogen) atoms. The van der Waals surface area contributed by atoms with E-state index in [0.29, 0.717) is 74.7 Å². The summed E-state index contributed by atoms with van der Waals surface area (Å²) in [5.41, 5.74) is -5.35. The third-order valence-corrected chi connectivity index (χ3v) is 24.6. The van der Waals surface area contributed by atoms with Crippen LogP contribution in [0.1, 0.15) is 144 Å². The van der Waals surface area contributed by atoms with E-state index in [-0.39, 0.29) is 62.2 Å². The second-order valence-corrected chi connectivity index (χ2v) is 26.6. The van der Waals surface area contributed by atoms with Crippen LogP contribution < -0.4 is 5.32 Å². The van der Waals surface area contributed by atoms with Crippen LogP contribution in [-0.2, 0) is 33.8 Å². The van der Waals surface area contributed by atoms with Crippen LogP contribution in [0.3, 0.4) is 0 Å². The Bertz CT molecular complexity index is 2670. The van der Waals surface area contributed by atoms with E-state index in [1.54, 1.807) is 6.08 Å². The molecule has 10 nitrogen and oxygen atoms in total. The maximum atomic E-state index is 15.3. The highest BCUT2D eigenvalue weighted by atomic mass is 16.5. The molecule has 8 fully saturated rings. The first-order valence-electron chi connectivity index (χ1n) is 29.2. The van der Waals surface area contributed by atoms with E-state index in [1.807, 2.05) is 31.3 Å². The van der Waals surface area contributed by atoms with E-state index in [2.05, 4.69) is 53.6 Å². The molecule has 0 saturated heterocycles. The van der Waals surface area contributed by atoms with Gasteiger partial charge in [0, 0.05) is 52.7 Å². The molecule has 1 heterocycles. The van der Waals surface area contributed by atoms with Gasteiger partial charge in [0.25, 0.3) is 0 Å². The Morgan fingerprint density at radius 1 is 0.878 bits per heavy atom. The molecule has 19 atom stereocenters. The van der Waals surface area contributed by atoms with Crippen molar-refractivity contribution >= 4 is 12.3 Å². The fourth-order valence-electron chi connectivity index (χ4n) is 21.8. The molecule has 7 N–H and O–H groups in total. The predicted octanol–water partition coefficient (Wildman–Crippen LogP) is 7.71. The maximum absolute atomic E-state index is 15.3. The van der Waals surface area contributed by atoms with Crippen molar-refractivity contribution in [2.45, 2.75) is 176 Å². The van der Waals surface area contributed by atoms with Gasteiger partial charge >= 0.3 is 5.97 Å². The molecule has 396 valence electrons. The number of rotatable bonds is 8. The molecule has 0 aromatic heterocycles. The zero-order chi connectivity index (χ0) is 51.0. The van der Waals surface area contributed by atoms with Crippen molar-refractivity contribution in [1.82, 2.24) is 5.32 Å². The lowest BCUT2D eigenvalue weighted by Crippen LogP contribution is -2.82. The molecular formula is C64H81NO9. The standard InChI is InChI=1S/C64H81NO9/c1-65-53-30-48-42(16-9-18-44(48)35-66)15-7-8-24-60-26-23-54-59(37-67)36-58(25-22-40(32-58)21-20-39-11-3-2-4-12-39)57(70)52-27-43-17-10-19-47(41-13-5-6-14-41)49(43)29-46(64(52,59)73)33-62(54,71)63(60,72)34-45-28-50(53)56-51(31-55(69)74-56)61(45,60)38-68/h2-4,9-12,16-18,31,37,40-41,43,45-47,49-50,52-54,56-57,65-66,68,70-73H,5-6,8,13-14,19-30,32-36,38H2,1H3/t40-,43+,45-,46+,47-,49-,50-,52+,53-,54+,56+,57+,58+,59-,60+,61+,62-,63+,64-/m0/s1. The number of hydrogen-bond donors (Lipinski definition) is 7. The maximum Gasteiger partial charge on any atom is 0.331 e. The van der Waals surface area contributed by atoms with E-state index < -0.39 is 74.4 Å². The number of carbonyl (C=O) groups excluding carboxylic acids is 2. The normalized spacial score (nSPS) is 47.7. The average molecular weight is 1010 g/mol. The molecule has 8 saturated carbocycles. The van der Waals surface area contributed by atoms with Crippen molar-refractivity contribution in [3.63, 3.8) is 0 Å². The first-order valence-corrected chi connectivity index (χ1v) is 29.2. The first-order chi connectivity index (χ1) is 35.8. The number of carbonyl (C=O) groups is 2. The molecular weight excluding hydrogens is 927 g/mol. The van der Waals surface area contributed by atoms with Gasteiger partial charge in [0.15, 0.2) is 0 Å². The Balaban J connectivity index is 0.978. The van der Waals surface area contributed by atoms with E-state index in [1.165, 1.54) is 31.2 Å². The number of benzene rings is 2. The number of fused-ring (bicyclic) bond motifs is 7. The highest BCUT2D eigenvalue weighted by Crippen LogP contribution is 2.82. The van der Waals surface area contributed by atoms with Crippen molar-refractivity contribution in [3.8, 4) is 11.8 Å². The Hall–Kier alpha value is -3.66. The van der Waals surface area contributed by atoms with Crippen molar-refractivity contribution in [2.75, 3.05) is 13.7 Å². The highest BCUT2D eigenvalue weighted by molar-refractivity contribution is 5.87. The lowest BCUT2D eigenvalue weighted by molar-refractivity contribution is -0.358. The van der Waals surface area contributed by atoms with Crippen LogP contribution >= 0.6 is 0 Å². The molecule has 12 aliphatic rings. The summed E-state index contributed by atoms with van der Waals surface area (Å²) in [6, 6.07) is 16.2. The van der Waals surface area contributed by atoms with Crippen molar-refractivity contribution < 1.29 is 45.0 Å². The van der Waals surface area contributed by atoms with Gasteiger partial charge in [-0.1, -0.05) is 92.1 Å². The van der Waals surface area contributed by atoms with Crippen molar-refractivity contribution in [1.29, 1.82) is 0 Å². The van der Waals surface area contributed by atoms with E-state index in [4.69, 9.17) is 4.74 Å². The summed E-state index contributed by atoms with van der Waals surface area (Å²) in [5.74, 6) is 5.43. The fourth-order valence-corrected chi connectivity index (χ4v) is 21.8. The summed E-state index contributed by atoms with van der Waals surface area (Å²) in [6.45, 7) is -0.499. The minimum absolute atomic E-state index is 0.0833. The zero-order valence-electron chi connectivity index (χ0n) is 43.6. The summed E-state index contributed by atoms with van der Waals surface area (Å²) in [5, 5.41) is 84.4. The molecule has 1 aliphatic heterocycles. The lowest BCUT2D eigenvalue weighted by atomic mass is 9.33. The van der Waals surface area contributed by atoms with Gasteiger partial charge < -0.3 is 45.5 Å². The summed E-state index contributed by atoms with van der Waals surface area (Å²) in [7, 11) is 1.91. The van der Waals surface area contributed by atoms with Crippen molar-refractivity contribution in [2.24, 2.45) is 80.8 Å². The number of likely N-dealkylation sites (N-methyl/N-ethyl adjacent to an activating group) is 1. The van der Waals surface area contributed by atoms with E-state index in [0.717, 1.165) is 61.5 Å². The Morgan fingerprint density at radius 3 is 2.46 bits per heavy atom. The van der Waals surface area contributed by atoms with Crippen LogP contribution in [-0.4, -0.2) is 91.6 Å². The molecule has 2 spiro atoms. The minimum Gasteiger partial charge on any atom is -0.454 e. The van der Waals surface area contributed by atoms with Gasteiger partial charge in [0.05, 0.1) is 35.9 Å². The van der Waals surface area contributed by atoms with Crippen molar-refractivity contribution in [3.05, 3.63) is 94.6 Å². The summed E-state index contributed by atoms with van der Waals surface area (Å²) >= 11 is 0. The number of ether oxygens (including phenoxy) is 1. The third-order valence-electron chi connectivity index (χ3n) is 24.6. The number of allylic oxidation sites excluding steroid dienone is 2. The number of aliphatic hydroxyl groups excluding tert-OH is 3. The Labute approximate surface area is 438 Å². The van der Waals surface area contributed by atoms with E-state index >= 15 is 4.79 Å². The van der Waals surface area contributed by atoms with Crippen LogP contribution in [0, 0.1) is 92.7 Å². The van der Waals surface area contributed by atoms with Crippen LogP contribution in [0.25, 0.3) is 0 Å². The number of esters is 1. The average Bonchev–Trinajstić information content (AvgIpc) is 4.25. The molecule has 2 aromatic carbocycles. The largest absolute Gasteiger partial charge is 0.454 e. The quantitative estimate of drug-likeness (QED) is 0.0601. The molecule has 14 rings (SSSR count).